The van der Waals surface area contributed by atoms with Gasteiger partial charge in [0.25, 0.3) is 5.69 Å². The van der Waals surface area contributed by atoms with Crippen molar-refractivity contribution in [3.05, 3.63) is 96.4 Å². The zero-order valence-corrected chi connectivity index (χ0v) is 19.0. The van der Waals surface area contributed by atoms with Crippen molar-refractivity contribution in [2.45, 2.75) is 6.61 Å². The van der Waals surface area contributed by atoms with Crippen LogP contribution in [0.1, 0.15) is 21.5 Å². The normalized spacial score (nSPS) is 10.8. The van der Waals surface area contributed by atoms with Crippen LogP contribution in [0.2, 0.25) is 0 Å². The van der Waals surface area contributed by atoms with Gasteiger partial charge in [-0.3, -0.25) is 15.5 Å². The molecule has 0 spiro atoms. The third-order valence-corrected chi connectivity index (χ3v) is 5.27. The Labute approximate surface area is 194 Å². The van der Waals surface area contributed by atoms with Crippen LogP contribution in [-0.2, 0) is 6.61 Å². The lowest BCUT2D eigenvalue weighted by molar-refractivity contribution is -0.384. The molecule has 0 heterocycles. The molecule has 158 valence electrons. The summed E-state index contributed by atoms with van der Waals surface area (Å²) in [4.78, 5) is 21.1. The molecule has 3 rings (SSSR count). The molecule has 3 aromatic rings. The van der Waals surface area contributed by atoms with Crippen LogP contribution in [0.15, 0.2) is 74.7 Å². The summed E-state index contributed by atoms with van der Waals surface area (Å²) in [5, 5.41) is 23.8. The van der Waals surface area contributed by atoms with Gasteiger partial charge in [0, 0.05) is 12.1 Å². The van der Waals surface area contributed by atoms with Gasteiger partial charge in [-0.2, -0.15) is 5.10 Å². The fourth-order valence-corrected chi connectivity index (χ4v) is 3.98. The minimum atomic E-state index is -0.974. The first kappa shape index (κ1) is 22.4. The molecule has 0 aliphatic heterocycles. The molecular weight excluding hydrogens is 534 g/mol. The summed E-state index contributed by atoms with van der Waals surface area (Å²) in [5.74, 6) is -0.374. The quantitative estimate of drug-likeness (QED) is 0.207. The van der Waals surface area contributed by atoms with Gasteiger partial charge in [0.15, 0.2) is 0 Å². The first-order chi connectivity index (χ1) is 14.8. The number of halogens is 2. The molecule has 0 saturated heterocycles. The Balaban J connectivity index is 1.63. The van der Waals surface area contributed by atoms with Crippen LogP contribution in [0, 0.1) is 10.1 Å². The fraction of sp³-hybridized carbons (Fsp3) is 0.0476. The SMILES string of the molecule is O=C(O)c1ccc(COc2c(Br)cc(/C=N/Nc3ccc([N+](=O)[O-])cc3)cc2Br)cc1. The molecule has 0 amide bonds. The van der Waals surface area contributed by atoms with Gasteiger partial charge in [0.05, 0.1) is 31.3 Å². The smallest absolute Gasteiger partial charge is 0.335 e. The van der Waals surface area contributed by atoms with Crippen molar-refractivity contribution < 1.29 is 19.6 Å². The second-order valence-electron chi connectivity index (χ2n) is 6.28. The van der Waals surface area contributed by atoms with E-state index in [0.29, 0.717) is 20.4 Å². The highest BCUT2D eigenvalue weighted by Crippen LogP contribution is 2.35. The van der Waals surface area contributed by atoms with Crippen LogP contribution in [0.5, 0.6) is 5.75 Å². The maximum Gasteiger partial charge on any atom is 0.335 e. The number of carbonyl (C=O) groups is 1. The predicted molar refractivity (Wildman–Crippen MR) is 124 cm³/mol. The summed E-state index contributed by atoms with van der Waals surface area (Å²) in [5.41, 5.74) is 5.28. The average Bonchev–Trinajstić information content (AvgIpc) is 2.74. The molecule has 0 aromatic heterocycles. The number of nitro groups is 1. The van der Waals surface area contributed by atoms with E-state index < -0.39 is 10.9 Å². The molecule has 0 atom stereocenters. The molecule has 3 aromatic carbocycles. The van der Waals surface area contributed by atoms with Crippen molar-refractivity contribution in [3.63, 3.8) is 0 Å². The Hall–Kier alpha value is -3.24. The molecular formula is C21H15Br2N3O5. The molecule has 8 nitrogen and oxygen atoms in total. The van der Waals surface area contributed by atoms with Crippen molar-refractivity contribution >= 4 is 55.4 Å². The largest absolute Gasteiger partial charge is 0.487 e. The highest BCUT2D eigenvalue weighted by molar-refractivity contribution is 9.11. The van der Waals surface area contributed by atoms with Crippen LogP contribution < -0.4 is 10.2 Å². The van der Waals surface area contributed by atoms with E-state index in [2.05, 4.69) is 42.4 Å². The maximum atomic E-state index is 10.9. The monoisotopic (exact) mass is 547 g/mol. The van der Waals surface area contributed by atoms with E-state index in [4.69, 9.17) is 9.84 Å². The maximum absolute atomic E-state index is 10.9. The van der Waals surface area contributed by atoms with Crippen LogP contribution in [0.25, 0.3) is 0 Å². The number of hydrogen-bond donors (Lipinski definition) is 2. The molecule has 0 bridgehead atoms. The van der Waals surface area contributed by atoms with E-state index in [1.807, 2.05) is 12.1 Å². The summed E-state index contributed by atoms with van der Waals surface area (Å²) < 4.78 is 7.28. The van der Waals surface area contributed by atoms with Crippen molar-refractivity contribution in [3.8, 4) is 5.75 Å². The molecule has 2 N–H and O–H groups in total. The Morgan fingerprint density at radius 2 is 1.71 bits per heavy atom. The van der Waals surface area contributed by atoms with Gasteiger partial charge < -0.3 is 9.84 Å². The lowest BCUT2D eigenvalue weighted by Crippen LogP contribution is -2.00. The number of anilines is 1. The van der Waals surface area contributed by atoms with Crippen LogP contribution in [-0.4, -0.2) is 22.2 Å². The highest BCUT2D eigenvalue weighted by Gasteiger charge is 2.10. The lowest BCUT2D eigenvalue weighted by Gasteiger charge is -2.11. The number of non-ortho nitro benzene ring substituents is 1. The molecule has 0 aliphatic rings. The topological polar surface area (TPSA) is 114 Å². The van der Waals surface area contributed by atoms with E-state index in [1.54, 1.807) is 30.5 Å². The minimum Gasteiger partial charge on any atom is -0.487 e. The Bertz CT molecular complexity index is 1110. The van der Waals surface area contributed by atoms with Gasteiger partial charge in [-0.05, 0) is 79.4 Å². The van der Waals surface area contributed by atoms with Crippen LogP contribution in [0.3, 0.4) is 0 Å². The van der Waals surface area contributed by atoms with Gasteiger partial charge in [0.1, 0.15) is 12.4 Å². The number of carboxylic acid groups (broad SMARTS) is 1. The summed E-state index contributed by atoms with van der Waals surface area (Å²) >= 11 is 6.96. The Morgan fingerprint density at radius 3 is 2.26 bits per heavy atom. The van der Waals surface area contributed by atoms with Gasteiger partial charge in [-0.1, -0.05) is 12.1 Å². The van der Waals surface area contributed by atoms with Gasteiger partial charge >= 0.3 is 5.97 Å². The first-order valence-corrected chi connectivity index (χ1v) is 10.4. The second-order valence-corrected chi connectivity index (χ2v) is 7.99. The molecule has 0 fully saturated rings. The van der Waals surface area contributed by atoms with E-state index in [-0.39, 0.29) is 17.9 Å². The zero-order chi connectivity index (χ0) is 22.4. The average molecular weight is 549 g/mol. The van der Waals surface area contributed by atoms with Gasteiger partial charge in [-0.15, -0.1) is 0 Å². The van der Waals surface area contributed by atoms with E-state index in [9.17, 15) is 14.9 Å². The predicted octanol–water partition coefficient (Wildman–Crippen LogP) is 5.84. The van der Waals surface area contributed by atoms with E-state index >= 15 is 0 Å². The van der Waals surface area contributed by atoms with Crippen LogP contribution in [0.4, 0.5) is 11.4 Å². The third kappa shape index (κ3) is 6.12. The molecule has 0 unspecified atom stereocenters. The van der Waals surface area contributed by atoms with Crippen molar-refractivity contribution in [2.75, 3.05) is 5.43 Å². The number of hydrogen-bond acceptors (Lipinski definition) is 6. The third-order valence-electron chi connectivity index (χ3n) is 4.09. The van der Waals surface area contributed by atoms with Crippen molar-refractivity contribution in [2.24, 2.45) is 5.10 Å². The van der Waals surface area contributed by atoms with Crippen molar-refractivity contribution in [1.29, 1.82) is 0 Å². The molecule has 0 saturated carbocycles. The number of rotatable bonds is 8. The molecule has 0 aliphatic carbocycles. The number of hydrazone groups is 1. The standard InChI is InChI=1S/C21H15Br2N3O5/c22-18-9-14(11-24-25-16-5-7-17(8-6-16)26(29)30)10-19(23)20(18)31-12-13-1-3-15(4-2-13)21(27)28/h1-11,25H,12H2,(H,27,28)/b24-11+. The Morgan fingerprint density at radius 1 is 1.10 bits per heavy atom. The van der Waals surface area contributed by atoms with E-state index in [0.717, 1.165) is 11.1 Å². The second kappa shape index (κ2) is 10.2. The number of ether oxygens (including phenoxy) is 1. The number of benzene rings is 3. The number of nitrogens with one attached hydrogen (secondary N) is 1. The molecule has 0 radical (unpaired) electrons. The summed E-state index contributed by atoms with van der Waals surface area (Å²) in [6.45, 7) is 0.270. The molecule has 31 heavy (non-hydrogen) atoms. The summed E-state index contributed by atoms with van der Waals surface area (Å²) in [6.07, 6.45) is 1.60. The van der Waals surface area contributed by atoms with Gasteiger partial charge in [0.2, 0.25) is 0 Å². The zero-order valence-electron chi connectivity index (χ0n) is 15.8. The highest BCUT2D eigenvalue weighted by atomic mass is 79.9. The van der Waals surface area contributed by atoms with Crippen LogP contribution >= 0.6 is 31.9 Å². The van der Waals surface area contributed by atoms with Gasteiger partial charge in [-0.25, -0.2) is 4.79 Å². The minimum absolute atomic E-state index is 0.0100. The first-order valence-electron chi connectivity index (χ1n) is 8.81. The number of nitro benzene ring substituents is 1. The fourth-order valence-electron chi connectivity index (χ4n) is 2.53. The number of aromatic carboxylic acids is 1. The van der Waals surface area contributed by atoms with E-state index in [1.165, 1.54) is 24.3 Å². The summed E-state index contributed by atoms with van der Waals surface area (Å²) in [7, 11) is 0. The number of carboxylic acids is 1. The Kier molecular flexibility index (Phi) is 7.37. The summed E-state index contributed by atoms with van der Waals surface area (Å²) in [6, 6.07) is 16.1. The lowest BCUT2D eigenvalue weighted by atomic mass is 10.1. The van der Waals surface area contributed by atoms with Crippen molar-refractivity contribution in [1.82, 2.24) is 0 Å². The molecule has 10 heteroatoms. The number of nitrogens with zero attached hydrogens (tertiary/aromatic N) is 2.